The molecule has 0 N–H and O–H groups in total. The topological polar surface area (TPSA) is 0 Å². The molecule has 1 aliphatic rings. The van der Waals surface area contributed by atoms with E-state index in [4.69, 9.17) is 0 Å². The number of hydrogen-bond donors (Lipinski definition) is 0. The summed E-state index contributed by atoms with van der Waals surface area (Å²) in [6.45, 7) is 6.92. The Morgan fingerprint density at radius 2 is 1.85 bits per heavy atom. The van der Waals surface area contributed by atoms with Gasteiger partial charge in [0, 0.05) is 0 Å². The summed E-state index contributed by atoms with van der Waals surface area (Å²) in [5.41, 5.74) is 3.15. The van der Waals surface area contributed by atoms with E-state index in [1.165, 1.54) is 6.42 Å². The molecule has 0 aromatic heterocycles. The van der Waals surface area contributed by atoms with Crippen molar-refractivity contribution in [1.29, 1.82) is 0 Å². The molecule has 0 aliphatic heterocycles. The Hall–Kier alpha value is -0.780. The van der Waals surface area contributed by atoms with E-state index in [9.17, 15) is 0 Å². The van der Waals surface area contributed by atoms with Crippen LogP contribution in [0, 0.1) is 5.92 Å². The lowest BCUT2D eigenvalue weighted by atomic mass is 9.94. The summed E-state index contributed by atoms with van der Waals surface area (Å²) < 4.78 is 0. The largest absolute Gasteiger partial charge is 0.0620 e. The van der Waals surface area contributed by atoms with Crippen LogP contribution in [-0.4, -0.2) is 0 Å². The molecule has 0 radical (unpaired) electrons. The van der Waals surface area contributed by atoms with Gasteiger partial charge >= 0.3 is 0 Å². The van der Waals surface area contributed by atoms with Crippen molar-refractivity contribution in [2.45, 2.75) is 39.0 Å². The highest BCUT2D eigenvalue weighted by molar-refractivity contribution is 5.36. The predicted octanol–water partition coefficient (Wildman–Crippen LogP) is 3.93. The lowest BCUT2D eigenvalue weighted by Crippen LogP contribution is -1.94. The molecule has 2 rings (SSSR count). The molecule has 0 saturated heterocycles. The normalized spacial score (nSPS) is 26.5. The van der Waals surface area contributed by atoms with Gasteiger partial charge in [-0.3, -0.25) is 0 Å². The molecule has 0 heterocycles. The molecule has 1 aromatic carbocycles. The first-order valence-electron chi connectivity index (χ1n) is 5.29. The van der Waals surface area contributed by atoms with E-state index in [0.717, 1.165) is 11.8 Å². The monoisotopic (exact) mass is 174 g/mol. The maximum Gasteiger partial charge on any atom is -0.0130 e. The van der Waals surface area contributed by atoms with Gasteiger partial charge in [-0.15, -0.1) is 0 Å². The van der Waals surface area contributed by atoms with Crippen molar-refractivity contribution in [3.8, 4) is 0 Å². The fraction of sp³-hybridized carbons (Fsp3) is 0.538. The van der Waals surface area contributed by atoms with Gasteiger partial charge < -0.3 is 0 Å². The quantitative estimate of drug-likeness (QED) is 0.637. The molecule has 0 bridgehead atoms. The number of rotatable bonds is 2. The van der Waals surface area contributed by atoms with Crippen LogP contribution in [0.5, 0.6) is 0 Å². The summed E-state index contributed by atoms with van der Waals surface area (Å²) in [5.74, 6) is 2.45. The van der Waals surface area contributed by atoms with E-state index in [1.54, 1.807) is 11.1 Å². The standard InChI is InChI=1S/C13H18/c1-9(2)11-6-4-5-7-12(11)13-8-10(13)3/h4-7,9-10,13H,8H2,1-3H3/t10-,13-/m0/s1. The molecule has 0 spiro atoms. The van der Waals surface area contributed by atoms with Gasteiger partial charge in [-0.1, -0.05) is 45.0 Å². The highest BCUT2D eigenvalue weighted by Gasteiger charge is 2.35. The maximum absolute atomic E-state index is 2.35. The molecule has 0 unspecified atom stereocenters. The van der Waals surface area contributed by atoms with Gasteiger partial charge in [0.1, 0.15) is 0 Å². The second kappa shape index (κ2) is 3.17. The summed E-state index contributed by atoms with van der Waals surface area (Å²) in [6, 6.07) is 8.92. The molecule has 2 atom stereocenters. The van der Waals surface area contributed by atoms with Crippen molar-refractivity contribution in [2.75, 3.05) is 0 Å². The van der Waals surface area contributed by atoms with Crippen LogP contribution in [0.3, 0.4) is 0 Å². The van der Waals surface area contributed by atoms with Crippen LogP contribution in [-0.2, 0) is 0 Å². The summed E-state index contributed by atoms with van der Waals surface area (Å²) >= 11 is 0. The molecule has 1 fully saturated rings. The van der Waals surface area contributed by atoms with E-state index in [-0.39, 0.29) is 0 Å². The zero-order valence-corrected chi connectivity index (χ0v) is 8.75. The Kier molecular flexibility index (Phi) is 2.15. The summed E-state index contributed by atoms with van der Waals surface area (Å²) in [5, 5.41) is 0. The van der Waals surface area contributed by atoms with Crippen molar-refractivity contribution in [2.24, 2.45) is 5.92 Å². The predicted molar refractivity (Wildman–Crippen MR) is 57.1 cm³/mol. The van der Waals surface area contributed by atoms with E-state index in [0.29, 0.717) is 5.92 Å². The van der Waals surface area contributed by atoms with Crippen LogP contribution in [0.4, 0.5) is 0 Å². The molecule has 0 amide bonds. The van der Waals surface area contributed by atoms with Crippen LogP contribution in [0.1, 0.15) is 50.2 Å². The third-order valence-corrected chi connectivity index (χ3v) is 3.13. The Bertz CT molecular complexity index is 299. The number of hydrogen-bond acceptors (Lipinski definition) is 0. The molecular formula is C13H18. The van der Waals surface area contributed by atoms with E-state index >= 15 is 0 Å². The minimum absolute atomic E-state index is 0.670. The Morgan fingerprint density at radius 1 is 1.23 bits per heavy atom. The maximum atomic E-state index is 2.35. The molecule has 13 heavy (non-hydrogen) atoms. The van der Waals surface area contributed by atoms with Gasteiger partial charge in [-0.25, -0.2) is 0 Å². The molecule has 0 heteroatoms. The van der Waals surface area contributed by atoms with Crippen LogP contribution >= 0.6 is 0 Å². The average Bonchev–Trinajstić information content (AvgIpc) is 2.82. The first kappa shape index (κ1) is 8.80. The van der Waals surface area contributed by atoms with E-state index in [1.807, 2.05) is 0 Å². The minimum atomic E-state index is 0.670. The van der Waals surface area contributed by atoms with Crippen molar-refractivity contribution in [3.63, 3.8) is 0 Å². The van der Waals surface area contributed by atoms with Gasteiger partial charge in [0.2, 0.25) is 0 Å². The van der Waals surface area contributed by atoms with Crippen molar-refractivity contribution in [3.05, 3.63) is 35.4 Å². The second-order valence-electron chi connectivity index (χ2n) is 4.60. The van der Waals surface area contributed by atoms with Gasteiger partial charge in [-0.2, -0.15) is 0 Å². The van der Waals surface area contributed by atoms with E-state index < -0.39 is 0 Å². The molecule has 1 aliphatic carbocycles. The van der Waals surface area contributed by atoms with Crippen molar-refractivity contribution < 1.29 is 0 Å². The fourth-order valence-corrected chi connectivity index (χ4v) is 2.13. The summed E-state index contributed by atoms with van der Waals surface area (Å²) in [7, 11) is 0. The Morgan fingerprint density at radius 3 is 2.38 bits per heavy atom. The van der Waals surface area contributed by atoms with Gasteiger partial charge in [0.25, 0.3) is 0 Å². The molecule has 0 nitrogen and oxygen atoms in total. The third kappa shape index (κ3) is 1.63. The molecule has 70 valence electrons. The fourth-order valence-electron chi connectivity index (χ4n) is 2.13. The lowest BCUT2D eigenvalue weighted by Gasteiger charge is -2.11. The first-order chi connectivity index (χ1) is 6.20. The second-order valence-corrected chi connectivity index (χ2v) is 4.60. The molecule has 1 aromatic rings. The third-order valence-electron chi connectivity index (χ3n) is 3.13. The van der Waals surface area contributed by atoms with Gasteiger partial charge in [0.05, 0.1) is 0 Å². The van der Waals surface area contributed by atoms with Crippen molar-refractivity contribution in [1.82, 2.24) is 0 Å². The zero-order chi connectivity index (χ0) is 9.42. The first-order valence-corrected chi connectivity index (χ1v) is 5.29. The highest BCUT2D eigenvalue weighted by atomic mass is 14.4. The zero-order valence-electron chi connectivity index (χ0n) is 8.75. The van der Waals surface area contributed by atoms with Crippen LogP contribution in [0.2, 0.25) is 0 Å². The van der Waals surface area contributed by atoms with Crippen LogP contribution in [0.25, 0.3) is 0 Å². The highest BCUT2D eigenvalue weighted by Crippen LogP contribution is 2.48. The smallest absolute Gasteiger partial charge is 0.0130 e. The SMILES string of the molecule is CC(C)c1ccccc1[C@H]1C[C@@H]1C. The summed E-state index contributed by atoms with van der Waals surface area (Å²) in [6.07, 6.45) is 1.39. The molecular weight excluding hydrogens is 156 g/mol. The Balaban J connectivity index is 2.33. The Labute approximate surface area is 81.0 Å². The lowest BCUT2D eigenvalue weighted by molar-refractivity contribution is 0.824. The average molecular weight is 174 g/mol. The van der Waals surface area contributed by atoms with Gasteiger partial charge in [-0.05, 0) is 35.3 Å². The molecule has 1 saturated carbocycles. The van der Waals surface area contributed by atoms with Crippen LogP contribution < -0.4 is 0 Å². The number of benzene rings is 1. The van der Waals surface area contributed by atoms with Gasteiger partial charge in [0.15, 0.2) is 0 Å². The van der Waals surface area contributed by atoms with Crippen molar-refractivity contribution >= 4 is 0 Å². The van der Waals surface area contributed by atoms with Crippen LogP contribution in [0.15, 0.2) is 24.3 Å². The summed E-state index contributed by atoms with van der Waals surface area (Å²) in [4.78, 5) is 0. The minimum Gasteiger partial charge on any atom is -0.0620 e. The van der Waals surface area contributed by atoms with E-state index in [2.05, 4.69) is 45.0 Å².